The molecule has 0 aliphatic carbocycles. The number of para-hydroxylation sites is 2. The van der Waals surface area contributed by atoms with Gasteiger partial charge in [-0.3, -0.25) is 4.99 Å². The quantitative estimate of drug-likeness (QED) is 0.113. The Morgan fingerprint density at radius 2 is 1.49 bits per heavy atom. The van der Waals surface area contributed by atoms with Gasteiger partial charge in [-0.25, -0.2) is 0 Å². The van der Waals surface area contributed by atoms with E-state index in [-0.39, 0.29) is 26.0 Å². The molecule has 1 aliphatic rings. The van der Waals surface area contributed by atoms with Gasteiger partial charge in [0.15, 0.2) is 0 Å². The Bertz CT molecular complexity index is 2350. The fourth-order valence-corrected chi connectivity index (χ4v) is 9.24. The van der Waals surface area contributed by atoms with Gasteiger partial charge in [-0.1, -0.05) is 149 Å². The predicted octanol–water partition coefficient (Wildman–Crippen LogP) is 12.7. The second kappa shape index (κ2) is 15.9. The summed E-state index contributed by atoms with van der Waals surface area (Å²) in [6.07, 6.45) is 4.55. The van der Waals surface area contributed by atoms with Gasteiger partial charge in [0.1, 0.15) is 5.58 Å². The molecular formula is C48H48IrN2OSi-2. The van der Waals surface area contributed by atoms with Crippen LogP contribution in [0.15, 0.2) is 137 Å². The Morgan fingerprint density at radius 3 is 2.21 bits per heavy atom. The molecule has 0 fully saturated rings. The van der Waals surface area contributed by atoms with E-state index in [9.17, 15) is 0 Å². The Morgan fingerprint density at radius 1 is 0.792 bits per heavy atom. The van der Waals surface area contributed by atoms with Crippen LogP contribution < -0.4 is 5.19 Å². The van der Waals surface area contributed by atoms with E-state index >= 15 is 0 Å². The van der Waals surface area contributed by atoms with Crippen molar-refractivity contribution < 1.29 is 24.5 Å². The van der Waals surface area contributed by atoms with Crippen LogP contribution in [0.3, 0.4) is 0 Å². The maximum absolute atomic E-state index is 6.27. The van der Waals surface area contributed by atoms with Crippen LogP contribution in [0.1, 0.15) is 74.6 Å². The molecular weight excluding hydrogens is 841 g/mol. The third kappa shape index (κ3) is 7.53. The maximum atomic E-state index is 6.27. The molecule has 3 heterocycles. The van der Waals surface area contributed by atoms with Crippen LogP contribution in [0.4, 0.5) is 5.69 Å². The van der Waals surface area contributed by atoms with Crippen molar-refractivity contribution in [1.29, 1.82) is 0 Å². The number of nitrogens with zero attached hydrogens (tertiary/aromatic N) is 2. The number of hydrogen-bond acceptors (Lipinski definition) is 3. The number of rotatable bonds is 8. The summed E-state index contributed by atoms with van der Waals surface area (Å²) in [4.78, 5) is 9.82. The Labute approximate surface area is 330 Å². The van der Waals surface area contributed by atoms with Crippen LogP contribution in [0.25, 0.3) is 33.2 Å². The van der Waals surface area contributed by atoms with Crippen LogP contribution in [-0.2, 0) is 20.1 Å². The zero-order valence-electron chi connectivity index (χ0n) is 31.8. The first-order valence-corrected chi connectivity index (χ1v) is 22.1. The third-order valence-electron chi connectivity index (χ3n) is 11.3. The van der Waals surface area contributed by atoms with Crippen LogP contribution >= 0.6 is 0 Å². The second-order valence-corrected chi connectivity index (χ2v) is 20.4. The minimum absolute atomic E-state index is 0. The largest absolute Gasteiger partial charge is 0.501 e. The molecule has 0 amide bonds. The molecule has 5 aromatic carbocycles. The summed E-state index contributed by atoms with van der Waals surface area (Å²) < 4.78 is 6.27. The van der Waals surface area contributed by atoms with Gasteiger partial charge in [-0.15, -0.1) is 54.1 Å². The first kappa shape index (κ1) is 38.3. The summed E-state index contributed by atoms with van der Waals surface area (Å²) >= 11 is 0. The van der Waals surface area contributed by atoms with Crippen molar-refractivity contribution in [2.24, 2.45) is 10.4 Å². The number of aliphatic imine (C=N–C) groups is 1. The topological polar surface area (TPSA) is 38.4 Å². The Hall–Kier alpha value is -4.41. The number of benzene rings is 5. The van der Waals surface area contributed by atoms with E-state index in [2.05, 4.69) is 138 Å². The number of furan rings is 1. The molecule has 2 aromatic heterocycles. The van der Waals surface area contributed by atoms with Crippen molar-refractivity contribution >= 4 is 46.6 Å². The Balaban J connectivity index is 0.000000181. The van der Waals surface area contributed by atoms with E-state index in [4.69, 9.17) is 14.4 Å². The maximum Gasteiger partial charge on any atom is 0.120 e. The van der Waals surface area contributed by atoms with E-state index < -0.39 is 8.07 Å². The second-order valence-electron chi connectivity index (χ2n) is 15.4. The third-order valence-corrected chi connectivity index (χ3v) is 13.4. The molecule has 1 radical (unpaired) electrons. The van der Waals surface area contributed by atoms with E-state index in [0.717, 1.165) is 50.2 Å². The molecule has 0 saturated heterocycles. The van der Waals surface area contributed by atoms with E-state index in [0.29, 0.717) is 11.3 Å². The fraction of sp³-hybridized carbons (Fsp3) is 0.250. The minimum atomic E-state index is -1.44. The zero-order chi connectivity index (χ0) is 36.5. The summed E-state index contributed by atoms with van der Waals surface area (Å²) in [6.45, 7) is 16.7. The van der Waals surface area contributed by atoms with Crippen LogP contribution in [-0.4, -0.2) is 18.8 Å². The van der Waals surface area contributed by atoms with Gasteiger partial charge in [-0.2, -0.15) is 0 Å². The fourth-order valence-electron chi connectivity index (χ4n) is 7.63. The van der Waals surface area contributed by atoms with Gasteiger partial charge in [0.05, 0.1) is 19.3 Å². The number of hydrogen-bond donors (Lipinski definition) is 0. The van der Waals surface area contributed by atoms with Crippen molar-refractivity contribution in [3.8, 4) is 11.3 Å². The molecule has 5 heteroatoms. The van der Waals surface area contributed by atoms with E-state index in [1.165, 1.54) is 34.7 Å². The average molecular weight is 889 g/mol. The smallest absolute Gasteiger partial charge is 0.120 e. The zero-order valence-corrected chi connectivity index (χ0v) is 35.2. The molecule has 2 atom stereocenters. The molecule has 53 heavy (non-hydrogen) atoms. The summed E-state index contributed by atoms with van der Waals surface area (Å²) in [5, 5.41) is 3.73. The number of aromatic nitrogens is 1. The Kier molecular flexibility index (Phi) is 11.5. The summed E-state index contributed by atoms with van der Waals surface area (Å²) in [5.74, 6) is 0.604. The minimum Gasteiger partial charge on any atom is -0.501 e. The van der Waals surface area contributed by atoms with Crippen molar-refractivity contribution in [1.82, 2.24) is 4.98 Å². The summed E-state index contributed by atoms with van der Waals surface area (Å²) in [6, 6.07) is 48.4. The summed E-state index contributed by atoms with van der Waals surface area (Å²) in [5.41, 5.74) is 11.1. The van der Waals surface area contributed by atoms with E-state index in [1.54, 1.807) is 0 Å². The molecule has 8 rings (SSSR count). The molecule has 0 saturated carbocycles. The van der Waals surface area contributed by atoms with Gasteiger partial charge in [0.2, 0.25) is 0 Å². The monoisotopic (exact) mass is 889 g/mol. The SMILES string of the molecule is CCC(C)(CC)C(C)c1cc(-c2[c-]cccc2)ncc1[Si](C)(C)C.[Ir].[c-]1ccc2c(oc3ccccc32)c1C1=Nc2ccccc2C1c1ccccc1. The molecule has 2 unspecified atom stereocenters. The van der Waals surface area contributed by atoms with Crippen LogP contribution in [0, 0.1) is 17.5 Å². The average Bonchev–Trinajstić information content (AvgIpc) is 3.77. The first-order valence-electron chi connectivity index (χ1n) is 18.6. The molecule has 7 aromatic rings. The molecule has 0 bridgehead atoms. The molecule has 0 spiro atoms. The normalized spacial score (nSPS) is 14.5. The standard InChI is InChI=1S/C26H16NO.C22H32NSi.Ir/c1-2-9-17(10-3-1)24-20-12-4-6-15-22(20)27-25(24)21-14-8-13-19-18-11-5-7-16-23(18)28-26(19)21;1-8-22(4,9-2)17(3)19-15-20(18-13-11-10-12-14-18)23-16-21(19)24(5,6)7;/h1-13,15-16,24H;10-13,15-17H,8-9H2,1-7H3;/q2*-1;. The molecule has 3 nitrogen and oxygen atoms in total. The van der Waals surface area contributed by atoms with Crippen molar-refractivity contribution in [2.45, 2.75) is 72.0 Å². The number of fused-ring (bicyclic) bond motifs is 4. The van der Waals surface area contributed by atoms with Gasteiger partial charge in [0, 0.05) is 37.6 Å². The van der Waals surface area contributed by atoms with E-state index in [1.807, 2.05) is 48.5 Å². The molecule has 0 N–H and O–H groups in total. The van der Waals surface area contributed by atoms with Crippen LogP contribution in [0.2, 0.25) is 19.6 Å². The molecule has 271 valence electrons. The van der Waals surface area contributed by atoms with Crippen LogP contribution in [0.5, 0.6) is 0 Å². The molecule has 1 aliphatic heterocycles. The van der Waals surface area contributed by atoms with Crippen molar-refractivity contribution in [3.05, 3.63) is 162 Å². The van der Waals surface area contributed by atoms with Gasteiger partial charge in [-0.05, 0) is 51.2 Å². The predicted molar refractivity (Wildman–Crippen MR) is 222 cm³/mol. The van der Waals surface area contributed by atoms with Gasteiger partial charge < -0.3 is 9.40 Å². The first-order chi connectivity index (χ1) is 25.1. The van der Waals surface area contributed by atoms with Gasteiger partial charge in [0.25, 0.3) is 0 Å². The van der Waals surface area contributed by atoms with Crippen molar-refractivity contribution in [2.75, 3.05) is 0 Å². The van der Waals surface area contributed by atoms with Crippen molar-refractivity contribution in [3.63, 3.8) is 0 Å². The summed E-state index contributed by atoms with van der Waals surface area (Å²) in [7, 11) is -1.44. The van der Waals surface area contributed by atoms with Gasteiger partial charge >= 0.3 is 0 Å². The number of pyridine rings is 1.